The Hall–Kier alpha value is -3.91. The van der Waals surface area contributed by atoms with Crippen molar-refractivity contribution in [2.45, 2.75) is 26.7 Å². The maximum atomic E-state index is 10.8. The molecule has 1 aromatic rings. The molecule has 0 N–H and O–H groups in total. The molecule has 0 radical (unpaired) electrons. The Morgan fingerprint density at radius 2 is 1.46 bits per heavy atom. The number of esters is 1. The van der Waals surface area contributed by atoms with E-state index in [1.165, 1.54) is 6.92 Å². The summed E-state index contributed by atoms with van der Waals surface area (Å²) in [6.45, 7) is 4.06. The van der Waals surface area contributed by atoms with Crippen molar-refractivity contribution in [1.82, 2.24) is 0 Å². The van der Waals surface area contributed by atoms with Crippen molar-refractivity contribution in [1.29, 1.82) is 0 Å². The Labute approximate surface area is 157 Å². The standard InChI is InChI=1S/C7H5N5O8.C6H12O2/c1-8(12(19)20)7-5(10(15)16)2-4(9(13)14)3-6(7)11(17)18;1-3-4-5-8-6(2)7/h2-3H,1H3;3-5H2,1-2H3. The number of anilines is 1. The number of nitro groups is 4. The van der Waals surface area contributed by atoms with Crippen molar-refractivity contribution in [3.8, 4) is 0 Å². The third kappa shape index (κ3) is 7.14. The zero-order valence-electron chi connectivity index (χ0n) is 15.1. The van der Waals surface area contributed by atoms with Gasteiger partial charge in [0.25, 0.3) is 11.4 Å². The molecule has 0 aliphatic carbocycles. The first-order valence-corrected chi connectivity index (χ1v) is 7.56. The number of hydrogen-bond donors (Lipinski definition) is 0. The van der Waals surface area contributed by atoms with Crippen LogP contribution in [0.3, 0.4) is 0 Å². The monoisotopic (exact) mass is 403 g/mol. The van der Waals surface area contributed by atoms with Crippen molar-refractivity contribution in [2.75, 3.05) is 18.7 Å². The number of hydrogen-bond acceptors (Lipinski definition) is 10. The maximum absolute atomic E-state index is 10.8. The van der Waals surface area contributed by atoms with Crippen LogP contribution in [-0.4, -0.2) is 39.4 Å². The lowest BCUT2D eigenvalue weighted by Crippen LogP contribution is -2.26. The van der Waals surface area contributed by atoms with E-state index in [9.17, 15) is 45.3 Å². The number of rotatable bonds is 8. The predicted molar refractivity (Wildman–Crippen MR) is 93.3 cm³/mol. The quantitative estimate of drug-likeness (QED) is 0.267. The number of carbonyl (C=O) groups excluding carboxylic acids is 1. The van der Waals surface area contributed by atoms with Gasteiger partial charge < -0.3 is 4.74 Å². The van der Waals surface area contributed by atoms with Gasteiger partial charge in [-0.1, -0.05) is 18.4 Å². The minimum atomic E-state index is -1.17. The van der Waals surface area contributed by atoms with Crippen LogP contribution < -0.4 is 5.01 Å². The summed E-state index contributed by atoms with van der Waals surface area (Å²) < 4.78 is 4.64. The van der Waals surface area contributed by atoms with Gasteiger partial charge in [0.2, 0.25) is 0 Å². The summed E-state index contributed by atoms with van der Waals surface area (Å²) in [7, 11) is 0.751. The summed E-state index contributed by atoms with van der Waals surface area (Å²) in [4.78, 5) is 49.5. The molecule has 0 saturated carbocycles. The number of hydrazine groups is 1. The van der Waals surface area contributed by atoms with Gasteiger partial charge in [0, 0.05) is 6.92 Å². The van der Waals surface area contributed by atoms with Crippen LogP contribution in [0.4, 0.5) is 22.7 Å². The molecule has 0 amide bonds. The van der Waals surface area contributed by atoms with Crippen molar-refractivity contribution >= 4 is 28.7 Å². The van der Waals surface area contributed by atoms with E-state index in [2.05, 4.69) is 11.7 Å². The van der Waals surface area contributed by atoms with Crippen LogP contribution >= 0.6 is 0 Å². The van der Waals surface area contributed by atoms with Gasteiger partial charge in [-0.05, 0) is 6.42 Å². The lowest BCUT2D eigenvalue weighted by atomic mass is 10.2. The second-order valence-corrected chi connectivity index (χ2v) is 5.06. The van der Waals surface area contributed by atoms with Crippen LogP contribution in [0, 0.1) is 40.5 Å². The smallest absolute Gasteiger partial charge is 0.312 e. The van der Waals surface area contributed by atoms with Gasteiger partial charge in [-0.2, -0.15) is 0 Å². The van der Waals surface area contributed by atoms with Gasteiger partial charge in [0.05, 0.1) is 40.6 Å². The zero-order valence-corrected chi connectivity index (χ0v) is 15.1. The van der Waals surface area contributed by atoms with Crippen molar-refractivity contribution in [2.24, 2.45) is 0 Å². The average Bonchev–Trinajstić information content (AvgIpc) is 2.60. The molecule has 0 heterocycles. The highest BCUT2D eigenvalue weighted by Gasteiger charge is 2.37. The Balaban J connectivity index is 0.000000769. The summed E-state index contributed by atoms with van der Waals surface area (Å²) in [5.41, 5.74) is -4.07. The molecule has 15 nitrogen and oxygen atoms in total. The van der Waals surface area contributed by atoms with E-state index in [0.717, 1.165) is 19.9 Å². The molecular weight excluding hydrogens is 386 g/mol. The number of unbranched alkanes of at least 4 members (excludes halogenated alkanes) is 1. The lowest BCUT2D eigenvalue weighted by molar-refractivity contribution is -0.493. The molecule has 0 aliphatic heterocycles. The second kappa shape index (κ2) is 10.9. The highest BCUT2D eigenvalue weighted by Crippen LogP contribution is 2.40. The van der Waals surface area contributed by atoms with Crippen molar-refractivity contribution in [3.63, 3.8) is 0 Å². The average molecular weight is 403 g/mol. The third-order valence-electron chi connectivity index (χ3n) is 3.03. The molecule has 15 heteroatoms. The molecule has 0 bridgehead atoms. The summed E-state index contributed by atoms with van der Waals surface area (Å²) in [5, 5.41) is 41.7. The molecule has 28 heavy (non-hydrogen) atoms. The number of ether oxygens (including phenoxy) is 1. The first-order chi connectivity index (χ1) is 12.9. The molecule has 1 rings (SSSR count). The van der Waals surface area contributed by atoms with Gasteiger partial charge in [0.15, 0.2) is 5.03 Å². The topological polar surface area (TPSA) is 202 Å². The van der Waals surface area contributed by atoms with Crippen LogP contribution in [-0.2, 0) is 9.53 Å². The summed E-state index contributed by atoms with van der Waals surface area (Å²) in [6, 6.07) is 0.838. The molecule has 0 unspecified atom stereocenters. The largest absolute Gasteiger partial charge is 0.466 e. The third-order valence-corrected chi connectivity index (χ3v) is 3.03. The molecule has 0 atom stereocenters. The normalized spacial score (nSPS) is 9.54. The SMILES string of the molecule is CCCCOC(C)=O.CN(c1c([N+](=O)[O-])cc([N+](=O)[O-])cc1[N+](=O)[O-])[N+](=O)[O-]. The highest BCUT2D eigenvalue weighted by atomic mass is 16.7. The molecule has 0 fully saturated rings. The van der Waals surface area contributed by atoms with E-state index in [-0.39, 0.29) is 11.0 Å². The molecular formula is C13H17N5O10. The number of carbonyl (C=O) groups is 1. The van der Waals surface area contributed by atoms with E-state index >= 15 is 0 Å². The summed E-state index contributed by atoms with van der Waals surface area (Å²) in [6.07, 6.45) is 2.05. The Kier molecular flexibility index (Phi) is 9.41. The van der Waals surface area contributed by atoms with Crippen LogP contribution in [0.25, 0.3) is 0 Å². The predicted octanol–water partition coefficient (Wildman–Crippen LogP) is 2.39. The van der Waals surface area contributed by atoms with Gasteiger partial charge in [-0.15, -0.1) is 0 Å². The fourth-order valence-electron chi connectivity index (χ4n) is 1.75. The number of benzene rings is 1. The van der Waals surface area contributed by atoms with Gasteiger partial charge in [-0.3, -0.25) is 35.1 Å². The molecule has 1 aromatic carbocycles. The highest BCUT2D eigenvalue weighted by molar-refractivity contribution is 5.76. The summed E-state index contributed by atoms with van der Waals surface area (Å²) in [5.74, 6) is -0.182. The minimum Gasteiger partial charge on any atom is -0.466 e. The Bertz CT molecular complexity index is 746. The molecule has 154 valence electrons. The lowest BCUT2D eigenvalue weighted by Gasteiger charge is -2.08. The van der Waals surface area contributed by atoms with Gasteiger partial charge in [0.1, 0.15) is 0 Å². The summed E-state index contributed by atoms with van der Waals surface area (Å²) >= 11 is 0. The fraction of sp³-hybridized carbons (Fsp3) is 0.462. The number of nitrogens with zero attached hydrogens (tertiary/aromatic N) is 5. The molecule has 0 aromatic heterocycles. The maximum Gasteiger partial charge on any atom is 0.312 e. The Morgan fingerprint density at radius 1 is 1.00 bits per heavy atom. The van der Waals surface area contributed by atoms with E-state index in [4.69, 9.17) is 0 Å². The minimum absolute atomic E-state index is 0.0555. The van der Waals surface area contributed by atoms with Crippen LogP contribution in [0.5, 0.6) is 0 Å². The van der Waals surface area contributed by atoms with E-state index < -0.39 is 42.6 Å². The first kappa shape index (κ1) is 24.1. The van der Waals surface area contributed by atoms with Crippen LogP contribution in [0.2, 0.25) is 0 Å². The fourth-order valence-corrected chi connectivity index (χ4v) is 1.75. The molecule has 0 spiro atoms. The van der Waals surface area contributed by atoms with Gasteiger partial charge >= 0.3 is 17.3 Å². The molecule has 0 saturated heterocycles. The van der Waals surface area contributed by atoms with Crippen molar-refractivity contribution < 1.29 is 29.3 Å². The van der Waals surface area contributed by atoms with Crippen LogP contribution in [0.1, 0.15) is 26.7 Å². The van der Waals surface area contributed by atoms with Crippen molar-refractivity contribution in [3.05, 3.63) is 52.6 Å². The van der Waals surface area contributed by atoms with Gasteiger partial charge in [-0.25, -0.2) is 10.1 Å². The zero-order chi connectivity index (χ0) is 22.0. The number of nitro benzene ring substituents is 3. The van der Waals surface area contributed by atoms with Crippen LogP contribution in [0.15, 0.2) is 12.1 Å². The molecule has 0 aliphatic rings. The first-order valence-electron chi connectivity index (χ1n) is 7.56. The van der Waals surface area contributed by atoms with E-state index in [1.54, 1.807) is 0 Å². The number of non-ortho nitro benzene ring substituents is 1. The van der Waals surface area contributed by atoms with E-state index in [0.29, 0.717) is 18.7 Å². The second-order valence-electron chi connectivity index (χ2n) is 5.06. The Morgan fingerprint density at radius 3 is 1.75 bits per heavy atom. The van der Waals surface area contributed by atoms with E-state index in [1.807, 2.05) is 0 Å².